The van der Waals surface area contributed by atoms with E-state index in [4.69, 9.17) is 0 Å². The molecule has 0 saturated carbocycles. The predicted molar refractivity (Wildman–Crippen MR) is 90.8 cm³/mol. The van der Waals surface area contributed by atoms with Gasteiger partial charge in [-0.3, -0.25) is 4.79 Å². The molecule has 3 nitrogen and oxygen atoms in total. The number of benzene rings is 2. The Kier molecular flexibility index (Phi) is 4.86. The molecule has 0 aromatic heterocycles. The van der Waals surface area contributed by atoms with Gasteiger partial charge in [-0.2, -0.15) is 0 Å². The molecule has 0 spiro atoms. The number of hydrogen-bond acceptors (Lipinski definition) is 2. The summed E-state index contributed by atoms with van der Waals surface area (Å²) in [7, 11) is 3.98. The summed E-state index contributed by atoms with van der Waals surface area (Å²) in [6.07, 6.45) is 0.507. The van der Waals surface area contributed by atoms with Gasteiger partial charge in [0.05, 0.1) is 5.92 Å². The maximum atomic E-state index is 11.7. The Labute approximate surface area is 132 Å². The Morgan fingerprint density at radius 2 is 1.73 bits per heavy atom. The molecule has 0 aliphatic carbocycles. The summed E-state index contributed by atoms with van der Waals surface area (Å²) in [6.45, 7) is 4.00. The number of carboxylic acids is 1. The van der Waals surface area contributed by atoms with Gasteiger partial charge in [0.15, 0.2) is 0 Å². The molecule has 0 heterocycles. The van der Waals surface area contributed by atoms with Crippen molar-refractivity contribution >= 4 is 11.7 Å². The van der Waals surface area contributed by atoms with E-state index in [9.17, 15) is 9.90 Å². The molecule has 0 bridgehead atoms. The Morgan fingerprint density at radius 3 is 2.23 bits per heavy atom. The van der Waals surface area contributed by atoms with Crippen molar-refractivity contribution in [3.8, 4) is 0 Å². The molecule has 2 aromatic carbocycles. The highest BCUT2D eigenvalue weighted by Crippen LogP contribution is 2.26. The summed E-state index contributed by atoms with van der Waals surface area (Å²) in [5.41, 5.74) is 5.24. The van der Waals surface area contributed by atoms with Crippen molar-refractivity contribution in [2.24, 2.45) is 0 Å². The van der Waals surface area contributed by atoms with Crippen LogP contribution in [0.5, 0.6) is 0 Å². The zero-order valence-corrected chi connectivity index (χ0v) is 13.6. The largest absolute Gasteiger partial charge is 0.481 e. The Balaban J connectivity index is 2.27. The molecule has 1 atom stereocenters. The first-order valence-corrected chi connectivity index (χ1v) is 7.44. The molecule has 0 radical (unpaired) electrons. The normalized spacial score (nSPS) is 12.0. The number of aliphatic carboxylic acids is 1. The highest BCUT2D eigenvalue weighted by atomic mass is 16.4. The minimum atomic E-state index is -0.774. The van der Waals surface area contributed by atoms with E-state index in [1.807, 2.05) is 75.3 Å². The van der Waals surface area contributed by atoms with E-state index in [0.29, 0.717) is 6.42 Å². The van der Waals surface area contributed by atoms with Gasteiger partial charge in [0.25, 0.3) is 0 Å². The van der Waals surface area contributed by atoms with Crippen molar-refractivity contribution in [1.29, 1.82) is 0 Å². The van der Waals surface area contributed by atoms with Crippen LogP contribution >= 0.6 is 0 Å². The molecule has 0 fully saturated rings. The van der Waals surface area contributed by atoms with E-state index in [-0.39, 0.29) is 0 Å². The third-order valence-electron chi connectivity index (χ3n) is 3.99. The molecule has 2 rings (SSSR count). The molecule has 0 aliphatic heterocycles. The fourth-order valence-electron chi connectivity index (χ4n) is 2.71. The maximum absolute atomic E-state index is 11.7. The lowest BCUT2D eigenvalue weighted by Gasteiger charge is -2.17. The number of nitrogens with zero attached hydrogens (tertiary/aromatic N) is 1. The third kappa shape index (κ3) is 3.67. The molecule has 0 saturated heterocycles. The van der Waals surface area contributed by atoms with Gasteiger partial charge in [0.2, 0.25) is 0 Å². The average molecular weight is 297 g/mol. The number of carbonyl (C=O) groups is 1. The standard InChI is InChI=1S/C19H23NO2/c1-13-5-10-17(14(2)11-13)18(19(21)22)12-15-6-8-16(9-7-15)20(3)4/h5-11,18H,12H2,1-4H3,(H,21,22). The summed E-state index contributed by atoms with van der Waals surface area (Å²) < 4.78 is 0. The molecule has 116 valence electrons. The summed E-state index contributed by atoms with van der Waals surface area (Å²) >= 11 is 0. The molecule has 0 aliphatic rings. The molecule has 1 unspecified atom stereocenters. The quantitative estimate of drug-likeness (QED) is 0.913. The van der Waals surface area contributed by atoms with Crippen LogP contribution in [0.4, 0.5) is 5.69 Å². The van der Waals surface area contributed by atoms with Gasteiger partial charge in [-0.05, 0) is 49.1 Å². The van der Waals surface area contributed by atoms with E-state index in [0.717, 1.165) is 27.9 Å². The van der Waals surface area contributed by atoms with Gasteiger partial charge in [-0.1, -0.05) is 35.9 Å². The molecular weight excluding hydrogens is 274 g/mol. The second kappa shape index (κ2) is 6.65. The number of carboxylic acid groups (broad SMARTS) is 1. The Bertz CT molecular complexity index is 660. The highest BCUT2D eigenvalue weighted by molar-refractivity contribution is 5.77. The highest BCUT2D eigenvalue weighted by Gasteiger charge is 2.22. The number of rotatable bonds is 5. The molecule has 2 aromatic rings. The van der Waals surface area contributed by atoms with E-state index in [2.05, 4.69) is 0 Å². The molecule has 3 heteroatoms. The molecule has 22 heavy (non-hydrogen) atoms. The lowest BCUT2D eigenvalue weighted by atomic mass is 9.88. The second-order valence-electron chi connectivity index (χ2n) is 6.02. The summed E-state index contributed by atoms with van der Waals surface area (Å²) in [5.74, 6) is -1.28. The van der Waals surface area contributed by atoms with Gasteiger partial charge >= 0.3 is 5.97 Å². The van der Waals surface area contributed by atoms with E-state index in [1.165, 1.54) is 0 Å². The molecule has 1 N–H and O–H groups in total. The van der Waals surface area contributed by atoms with Gasteiger partial charge in [0, 0.05) is 19.8 Å². The van der Waals surface area contributed by atoms with Crippen LogP contribution in [0.1, 0.15) is 28.2 Å². The van der Waals surface area contributed by atoms with Crippen LogP contribution in [-0.4, -0.2) is 25.2 Å². The topological polar surface area (TPSA) is 40.5 Å². The van der Waals surface area contributed by atoms with Crippen LogP contribution in [0.2, 0.25) is 0 Å². The molecule has 0 amide bonds. The van der Waals surface area contributed by atoms with Crippen molar-refractivity contribution in [2.75, 3.05) is 19.0 Å². The number of aryl methyl sites for hydroxylation is 2. The first-order chi connectivity index (χ1) is 10.4. The predicted octanol–water partition coefficient (Wildman–Crippen LogP) is 3.78. The lowest BCUT2D eigenvalue weighted by Crippen LogP contribution is -2.16. The Hall–Kier alpha value is -2.29. The summed E-state index contributed by atoms with van der Waals surface area (Å²) in [5, 5.41) is 9.62. The van der Waals surface area contributed by atoms with Crippen molar-refractivity contribution in [2.45, 2.75) is 26.2 Å². The van der Waals surface area contributed by atoms with Gasteiger partial charge in [-0.25, -0.2) is 0 Å². The molecular formula is C19H23NO2. The second-order valence-corrected chi connectivity index (χ2v) is 6.02. The zero-order chi connectivity index (χ0) is 16.3. The minimum absolute atomic E-state index is 0.507. The van der Waals surface area contributed by atoms with Crippen molar-refractivity contribution in [3.63, 3.8) is 0 Å². The van der Waals surface area contributed by atoms with Crippen LogP contribution in [0, 0.1) is 13.8 Å². The maximum Gasteiger partial charge on any atom is 0.311 e. The van der Waals surface area contributed by atoms with Crippen LogP contribution < -0.4 is 4.90 Å². The first-order valence-electron chi connectivity index (χ1n) is 7.44. The van der Waals surface area contributed by atoms with Gasteiger partial charge < -0.3 is 10.0 Å². The first kappa shape index (κ1) is 16.1. The summed E-state index contributed by atoms with van der Waals surface area (Å²) in [6, 6.07) is 14.0. The number of anilines is 1. The van der Waals surface area contributed by atoms with E-state index < -0.39 is 11.9 Å². The monoisotopic (exact) mass is 297 g/mol. The fourth-order valence-corrected chi connectivity index (χ4v) is 2.71. The zero-order valence-electron chi connectivity index (χ0n) is 13.6. The smallest absolute Gasteiger partial charge is 0.311 e. The van der Waals surface area contributed by atoms with Gasteiger partial charge in [0.1, 0.15) is 0 Å². The lowest BCUT2D eigenvalue weighted by molar-refractivity contribution is -0.138. The Morgan fingerprint density at radius 1 is 1.09 bits per heavy atom. The third-order valence-corrected chi connectivity index (χ3v) is 3.99. The number of hydrogen-bond donors (Lipinski definition) is 1. The van der Waals surface area contributed by atoms with Crippen molar-refractivity contribution < 1.29 is 9.90 Å². The van der Waals surface area contributed by atoms with E-state index >= 15 is 0 Å². The summed E-state index contributed by atoms with van der Waals surface area (Å²) in [4.78, 5) is 13.7. The SMILES string of the molecule is Cc1ccc(C(Cc2ccc(N(C)C)cc2)C(=O)O)c(C)c1. The van der Waals surface area contributed by atoms with Crippen LogP contribution in [0.25, 0.3) is 0 Å². The van der Waals surface area contributed by atoms with Crippen molar-refractivity contribution in [1.82, 2.24) is 0 Å². The minimum Gasteiger partial charge on any atom is -0.481 e. The van der Waals surface area contributed by atoms with E-state index in [1.54, 1.807) is 0 Å². The van der Waals surface area contributed by atoms with Gasteiger partial charge in [-0.15, -0.1) is 0 Å². The van der Waals surface area contributed by atoms with Crippen LogP contribution in [-0.2, 0) is 11.2 Å². The van der Waals surface area contributed by atoms with Crippen LogP contribution in [0.15, 0.2) is 42.5 Å². The van der Waals surface area contributed by atoms with Crippen molar-refractivity contribution in [3.05, 3.63) is 64.7 Å². The fraction of sp³-hybridized carbons (Fsp3) is 0.316. The van der Waals surface area contributed by atoms with Crippen LogP contribution in [0.3, 0.4) is 0 Å². The average Bonchev–Trinajstić information content (AvgIpc) is 2.45.